The number of rotatable bonds is 6. The summed E-state index contributed by atoms with van der Waals surface area (Å²) in [7, 11) is 0. The normalized spacial score (nSPS) is 19.5. The fourth-order valence-corrected chi connectivity index (χ4v) is 4.24. The van der Waals surface area contributed by atoms with Crippen molar-refractivity contribution in [3.63, 3.8) is 0 Å². The van der Waals surface area contributed by atoms with Gasteiger partial charge in [-0.05, 0) is 43.2 Å². The Morgan fingerprint density at radius 1 is 1.16 bits per heavy atom. The van der Waals surface area contributed by atoms with Crippen molar-refractivity contribution < 1.29 is 4.74 Å². The van der Waals surface area contributed by atoms with E-state index in [1.165, 1.54) is 11.3 Å². The minimum absolute atomic E-state index is 0.305. The van der Waals surface area contributed by atoms with Gasteiger partial charge in [0.1, 0.15) is 5.82 Å². The van der Waals surface area contributed by atoms with Gasteiger partial charge in [0.2, 0.25) is 0 Å². The molecule has 3 heterocycles. The molecule has 2 saturated heterocycles. The molecule has 0 amide bonds. The first-order valence-corrected chi connectivity index (χ1v) is 11.4. The molecule has 166 valence electrons. The summed E-state index contributed by atoms with van der Waals surface area (Å²) in [6.45, 7) is 8.84. The Bertz CT molecular complexity index is 869. The molecular formula is C23H31ClN6O. The van der Waals surface area contributed by atoms with Crippen LogP contribution in [0.2, 0.25) is 5.02 Å². The molecule has 0 aliphatic carbocycles. The second kappa shape index (κ2) is 10.7. The number of halogens is 1. The standard InChI is InChI=1S/C23H31ClN6O/c1-2-25-23(28-19-9-11-30(17-19)22-21(24)4-3-10-26-22)27-16-18-5-7-20(8-6-18)29-12-14-31-15-13-29/h3-8,10,19H,2,9,11-17H2,1H3,(H2,25,27,28). The zero-order chi connectivity index (χ0) is 21.5. The number of nitrogens with one attached hydrogen (secondary N) is 2. The molecule has 1 unspecified atom stereocenters. The van der Waals surface area contributed by atoms with Gasteiger partial charge in [0.05, 0.1) is 24.8 Å². The van der Waals surface area contributed by atoms with Gasteiger partial charge < -0.3 is 25.2 Å². The molecule has 1 atom stereocenters. The molecule has 2 aliphatic heterocycles. The molecule has 31 heavy (non-hydrogen) atoms. The minimum atomic E-state index is 0.305. The van der Waals surface area contributed by atoms with Crippen LogP contribution in [-0.4, -0.2) is 62.9 Å². The predicted octanol–water partition coefficient (Wildman–Crippen LogP) is 2.91. The molecule has 1 aromatic carbocycles. The first kappa shape index (κ1) is 21.7. The van der Waals surface area contributed by atoms with E-state index in [0.29, 0.717) is 17.6 Å². The lowest BCUT2D eigenvalue weighted by Crippen LogP contribution is -2.44. The summed E-state index contributed by atoms with van der Waals surface area (Å²) in [4.78, 5) is 13.8. The van der Waals surface area contributed by atoms with Crippen LogP contribution in [0.5, 0.6) is 0 Å². The highest BCUT2D eigenvalue weighted by Gasteiger charge is 2.25. The van der Waals surface area contributed by atoms with Crippen LogP contribution in [-0.2, 0) is 11.3 Å². The number of hydrogen-bond donors (Lipinski definition) is 2. The summed E-state index contributed by atoms with van der Waals surface area (Å²) in [6, 6.07) is 12.8. The molecule has 0 saturated carbocycles. The van der Waals surface area contributed by atoms with E-state index in [9.17, 15) is 0 Å². The van der Waals surface area contributed by atoms with Crippen molar-refractivity contribution >= 4 is 29.1 Å². The number of pyridine rings is 1. The van der Waals surface area contributed by atoms with Gasteiger partial charge in [0.25, 0.3) is 0 Å². The van der Waals surface area contributed by atoms with Gasteiger partial charge in [-0.25, -0.2) is 9.98 Å². The van der Waals surface area contributed by atoms with E-state index in [1.807, 2.05) is 12.1 Å². The van der Waals surface area contributed by atoms with E-state index in [1.54, 1.807) is 6.20 Å². The number of benzene rings is 1. The van der Waals surface area contributed by atoms with Crippen molar-refractivity contribution in [3.8, 4) is 0 Å². The maximum absolute atomic E-state index is 6.32. The van der Waals surface area contributed by atoms with Crippen LogP contribution >= 0.6 is 11.6 Å². The maximum Gasteiger partial charge on any atom is 0.191 e. The lowest BCUT2D eigenvalue weighted by molar-refractivity contribution is 0.122. The topological polar surface area (TPSA) is 65.0 Å². The summed E-state index contributed by atoms with van der Waals surface area (Å²) in [6.07, 6.45) is 2.81. The van der Waals surface area contributed by atoms with E-state index >= 15 is 0 Å². The smallest absolute Gasteiger partial charge is 0.191 e. The monoisotopic (exact) mass is 442 g/mol. The van der Waals surface area contributed by atoms with E-state index in [-0.39, 0.29) is 0 Å². The number of guanidine groups is 1. The van der Waals surface area contributed by atoms with Gasteiger partial charge in [0, 0.05) is 50.6 Å². The summed E-state index contributed by atoms with van der Waals surface area (Å²) in [5, 5.41) is 7.64. The SMILES string of the molecule is CCNC(=NCc1ccc(N2CCOCC2)cc1)NC1CCN(c2ncccc2Cl)C1. The Morgan fingerprint density at radius 3 is 2.71 bits per heavy atom. The summed E-state index contributed by atoms with van der Waals surface area (Å²) in [5.41, 5.74) is 2.45. The van der Waals surface area contributed by atoms with E-state index in [4.69, 9.17) is 21.3 Å². The maximum atomic E-state index is 6.32. The van der Waals surface area contributed by atoms with Gasteiger partial charge in [-0.1, -0.05) is 23.7 Å². The molecule has 2 fully saturated rings. The average Bonchev–Trinajstić information content (AvgIpc) is 3.27. The molecule has 2 aromatic rings. The molecular weight excluding hydrogens is 412 g/mol. The number of ether oxygens (including phenoxy) is 1. The molecule has 4 rings (SSSR count). The number of morpholine rings is 1. The highest BCUT2D eigenvalue weighted by atomic mass is 35.5. The highest BCUT2D eigenvalue weighted by molar-refractivity contribution is 6.32. The van der Waals surface area contributed by atoms with Crippen LogP contribution in [0, 0.1) is 0 Å². The quantitative estimate of drug-likeness (QED) is 0.529. The van der Waals surface area contributed by atoms with Gasteiger partial charge in [0.15, 0.2) is 5.96 Å². The fraction of sp³-hybridized carbons (Fsp3) is 0.478. The third-order valence-corrected chi connectivity index (χ3v) is 5.94. The Morgan fingerprint density at radius 2 is 1.97 bits per heavy atom. The largest absolute Gasteiger partial charge is 0.378 e. The van der Waals surface area contributed by atoms with Crippen molar-refractivity contribution in [1.82, 2.24) is 15.6 Å². The molecule has 8 heteroatoms. The van der Waals surface area contributed by atoms with Crippen LogP contribution in [0.3, 0.4) is 0 Å². The third-order valence-electron chi connectivity index (χ3n) is 5.64. The molecule has 2 aliphatic rings. The highest BCUT2D eigenvalue weighted by Crippen LogP contribution is 2.25. The predicted molar refractivity (Wildman–Crippen MR) is 127 cm³/mol. The molecule has 1 aromatic heterocycles. The van der Waals surface area contributed by atoms with E-state index < -0.39 is 0 Å². The fourth-order valence-electron chi connectivity index (χ4n) is 4.00. The zero-order valence-corrected chi connectivity index (χ0v) is 18.8. The lowest BCUT2D eigenvalue weighted by atomic mass is 10.2. The number of aromatic nitrogens is 1. The van der Waals surface area contributed by atoms with Gasteiger partial charge in [-0.2, -0.15) is 0 Å². The first-order chi connectivity index (χ1) is 15.2. The first-order valence-electron chi connectivity index (χ1n) is 11.0. The third kappa shape index (κ3) is 5.80. The molecule has 7 nitrogen and oxygen atoms in total. The van der Waals surface area contributed by atoms with Crippen molar-refractivity contribution in [2.24, 2.45) is 4.99 Å². The Labute approximate surface area is 189 Å². The summed E-state index contributed by atoms with van der Waals surface area (Å²) >= 11 is 6.32. The Hall–Kier alpha value is -2.51. The number of nitrogens with zero attached hydrogens (tertiary/aromatic N) is 4. The van der Waals surface area contributed by atoms with Crippen LogP contribution in [0.15, 0.2) is 47.6 Å². The van der Waals surface area contributed by atoms with Crippen LogP contribution in [0.1, 0.15) is 18.9 Å². The van der Waals surface area contributed by atoms with Gasteiger partial charge in [-0.15, -0.1) is 0 Å². The molecule has 0 bridgehead atoms. The number of aliphatic imine (C=N–C) groups is 1. The van der Waals surface area contributed by atoms with Crippen molar-refractivity contribution in [2.45, 2.75) is 25.9 Å². The number of anilines is 2. The lowest BCUT2D eigenvalue weighted by Gasteiger charge is -2.28. The zero-order valence-electron chi connectivity index (χ0n) is 18.1. The number of hydrogen-bond acceptors (Lipinski definition) is 5. The average molecular weight is 443 g/mol. The second-order valence-corrected chi connectivity index (χ2v) is 8.25. The van der Waals surface area contributed by atoms with Crippen molar-refractivity contribution in [2.75, 3.05) is 55.7 Å². The molecule has 0 spiro atoms. The van der Waals surface area contributed by atoms with Crippen LogP contribution < -0.4 is 20.4 Å². The molecule has 2 N–H and O–H groups in total. The Balaban J connectivity index is 1.33. The van der Waals surface area contributed by atoms with E-state index in [2.05, 4.69) is 56.6 Å². The molecule has 0 radical (unpaired) electrons. The minimum Gasteiger partial charge on any atom is -0.378 e. The van der Waals surface area contributed by atoms with Crippen LogP contribution in [0.4, 0.5) is 11.5 Å². The summed E-state index contributed by atoms with van der Waals surface area (Å²) in [5.74, 6) is 1.70. The van der Waals surface area contributed by atoms with Gasteiger partial charge in [-0.3, -0.25) is 0 Å². The summed E-state index contributed by atoms with van der Waals surface area (Å²) < 4.78 is 5.44. The van der Waals surface area contributed by atoms with Crippen molar-refractivity contribution in [1.29, 1.82) is 0 Å². The van der Waals surface area contributed by atoms with Crippen molar-refractivity contribution in [3.05, 3.63) is 53.2 Å². The van der Waals surface area contributed by atoms with Gasteiger partial charge >= 0.3 is 0 Å². The van der Waals surface area contributed by atoms with Crippen LogP contribution in [0.25, 0.3) is 0 Å². The second-order valence-electron chi connectivity index (χ2n) is 7.85. The van der Waals surface area contributed by atoms with E-state index in [0.717, 1.165) is 64.1 Å². The Kier molecular flexibility index (Phi) is 7.48.